The molecule has 0 spiro atoms. The summed E-state index contributed by atoms with van der Waals surface area (Å²) in [5.74, 6) is 1.72. The molecule has 0 saturated heterocycles. The predicted molar refractivity (Wildman–Crippen MR) is 91.9 cm³/mol. The lowest BCUT2D eigenvalue weighted by Crippen LogP contribution is -2.31. The zero-order chi connectivity index (χ0) is 13.8. The molecule has 0 radical (unpaired) electrons. The van der Waals surface area contributed by atoms with Crippen LogP contribution in [-0.2, 0) is 0 Å². The van der Waals surface area contributed by atoms with Crippen molar-refractivity contribution in [1.82, 2.24) is 5.32 Å². The van der Waals surface area contributed by atoms with E-state index in [1.807, 2.05) is 0 Å². The van der Waals surface area contributed by atoms with E-state index >= 15 is 0 Å². The van der Waals surface area contributed by atoms with Crippen molar-refractivity contribution < 1.29 is 0 Å². The molecular weight excluding hydrogens is 386 g/mol. The number of halogens is 2. The minimum atomic E-state index is 0.510. The number of nitrogens with one attached hydrogen (secondary N) is 1. The van der Waals surface area contributed by atoms with Crippen molar-refractivity contribution in [3.63, 3.8) is 0 Å². The van der Waals surface area contributed by atoms with Gasteiger partial charge in [-0.05, 0) is 74.7 Å². The van der Waals surface area contributed by atoms with Crippen LogP contribution in [0, 0.1) is 11.8 Å². The third kappa shape index (κ3) is 4.05. The standard InChI is InChI=1S/C15H23Br2NS/c1-3-10-6-5-7-11(8-10)14(18-4-2)12-9-13(16)19-15(12)17/h9-11,14,18H,3-8H2,1-2H3. The highest BCUT2D eigenvalue weighted by molar-refractivity contribution is 9.12. The van der Waals surface area contributed by atoms with Crippen LogP contribution in [0.5, 0.6) is 0 Å². The average molecular weight is 409 g/mol. The molecule has 0 amide bonds. The van der Waals surface area contributed by atoms with Gasteiger partial charge in [-0.3, -0.25) is 0 Å². The summed E-state index contributed by atoms with van der Waals surface area (Å²) in [6.07, 6.45) is 6.92. The number of hydrogen-bond donors (Lipinski definition) is 1. The van der Waals surface area contributed by atoms with Crippen LogP contribution in [0.2, 0.25) is 0 Å². The Bertz CT molecular complexity index is 405. The Morgan fingerprint density at radius 3 is 2.74 bits per heavy atom. The van der Waals surface area contributed by atoms with Crippen LogP contribution < -0.4 is 5.32 Å². The maximum Gasteiger partial charge on any atom is 0.0758 e. The molecule has 1 aromatic rings. The van der Waals surface area contributed by atoms with E-state index in [0.29, 0.717) is 6.04 Å². The quantitative estimate of drug-likeness (QED) is 0.616. The van der Waals surface area contributed by atoms with Gasteiger partial charge in [-0.2, -0.15) is 0 Å². The van der Waals surface area contributed by atoms with Crippen LogP contribution in [0.3, 0.4) is 0 Å². The summed E-state index contributed by atoms with van der Waals surface area (Å²) in [5.41, 5.74) is 1.44. The first-order valence-corrected chi connectivity index (χ1v) is 9.74. The predicted octanol–water partition coefficient (Wildman–Crippen LogP) is 6.14. The SMILES string of the molecule is CCNC(c1cc(Br)sc1Br)C1CCCC(CC)C1. The molecule has 1 aromatic heterocycles. The van der Waals surface area contributed by atoms with Gasteiger partial charge in [0, 0.05) is 6.04 Å². The molecule has 0 aliphatic heterocycles. The fraction of sp³-hybridized carbons (Fsp3) is 0.733. The van der Waals surface area contributed by atoms with E-state index in [4.69, 9.17) is 0 Å². The van der Waals surface area contributed by atoms with Crippen molar-refractivity contribution in [2.75, 3.05) is 6.54 Å². The lowest BCUT2D eigenvalue weighted by atomic mass is 9.75. The second-order valence-corrected chi connectivity index (χ2v) is 9.27. The van der Waals surface area contributed by atoms with Crippen LogP contribution in [0.4, 0.5) is 0 Å². The zero-order valence-electron chi connectivity index (χ0n) is 11.7. The smallest absolute Gasteiger partial charge is 0.0758 e. The van der Waals surface area contributed by atoms with Crippen molar-refractivity contribution in [3.05, 3.63) is 19.2 Å². The maximum atomic E-state index is 3.74. The molecule has 0 bridgehead atoms. The van der Waals surface area contributed by atoms with Crippen LogP contribution in [0.15, 0.2) is 13.6 Å². The number of rotatable bonds is 5. The summed E-state index contributed by atoms with van der Waals surface area (Å²) >= 11 is 9.14. The zero-order valence-corrected chi connectivity index (χ0v) is 15.7. The number of thiophene rings is 1. The van der Waals surface area contributed by atoms with Gasteiger partial charge in [-0.25, -0.2) is 0 Å². The minimum Gasteiger partial charge on any atom is -0.310 e. The molecule has 1 saturated carbocycles. The molecule has 2 rings (SSSR count). The van der Waals surface area contributed by atoms with E-state index in [1.165, 1.54) is 45.2 Å². The van der Waals surface area contributed by atoms with Gasteiger partial charge in [-0.15, -0.1) is 11.3 Å². The normalized spacial score (nSPS) is 25.5. The molecule has 4 heteroatoms. The van der Waals surface area contributed by atoms with Crippen LogP contribution >= 0.6 is 43.2 Å². The van der Waals surface area contributed by atoms with Crippen molar-refractivity contribution in [3.8, 4) is 0 Å². The highest BCUT2D eigenvalue weighted by Gasteiger charge is 2.30. The van der Waals surface area contributed by atoms with E-state index in [-0.39, 0.29) is 0 Å². The second kappa shape index (κ2) is 7.58. The van der Waals surface area contributed by atoms with Crippen molar-refractivity contribution in [1.29, 1.82) is 0 Å². The molecule has 0 aromatic carbocycles. The highest BCUT2D eigenvalue weighted by atomic mass is 79.9. The lowest BCUT2D eigenvalue weighted by Gasteiger charge is -2.34. The molecule has 19 heavy (non-hydrogen) atoms. The summed E-state index contributed by atoms with van der Waals surface area (Å²) in [6.45, 7) is 5.59. The van der Waals surface area contributed by atoms with Gasteiger partial charge < -0.3 is 5.32 Å². The van der Waals surface area contributed by atoms with Gasteiger partial charge in [0.05, 0.1) is 7.57 Å². The third-order valence-corrected chi connectivity index (χ3v) is 6.70. The van der Waals surface area contributed by atoms with Gasteiger partial charge in [0.15, 0.2) is 0 Å². The monoisotopic (exact) mass is 407 g/mol. The molecule has 1 aliphatic carbocycles. The van der Waals surface area contributed by atoms with Crippen molar-refractivity contribution in [2.24, 2.45) is 11.8 Å². The topological polar surface area (TPSA) is 12.0 Å². The molecule has 1 fully saturated rings. The molecular formula is C15H23Br2NS. The Labute approximate surface area is 137 Å². The Hall–Kier alpha value is 0.620. The van der Waals surface area contributed by atoms with E-state index in [0.717, 1.165) is 18.4 Å². The largest absolute Gasteiger partial charge is 0.310 e. The van der Waals surface area contributed by atoms with E-state index in [9.17, 15) is 0 Å². The van der Waals surface area contributed by atoms with Gasteiger partial charge in [0.25, 0.3) is 0 Å². The fourth-order valence-electron chi connectivity index (χ4n) is 3.32. The molecule has 1 nitrogen and oxygen atoms in total. The summed E-state index contributed by atoms with van der Waals surface area (Å²) in [5, 5.41) is 3.72. The van der Waals surface area contributed by atoms with Crippen LogP contribution in [0.25, 0.3) is 0 Å². The van der Waals surface area contributed by atoms with Gasteiger partial charge >= 0.3 is 0 Å². The van der Waals surface area contributed by atoms with Crippen molar-refractivity contribution >= 4 is 43.2 Å². The molecule has 1 heterocycles. The molecule has 108 valence electrons. The summed E-state index contributed by atoms with van der Waals surface area (Å²) in [7, 11) is 0. The van der Waals surface area contributed by atoms with Gasteiger partial charge in [-0.1, -0.05) is 33.1 Å². The maximum absolute atomic E-state index is 3.74. The Morgan fingerprint density at radius 2 is 2.16 bits per heavy atom. The number of hydrogen-bond acceptors (Lipinski definition) is 2. The summed E-state index contributed by atoms with van der Waals surface area (Å²) in [4.78, 5) is 0. The average Bonchev–Trinajstić information content (AvgIpc) is 2.75. The van der Waals surface area contributed by atoms with E-state index in [2.05, 4.69) is 57.1 Å². The Balaban J connectivity index is 2.17. The summed E-state index contributed by atoms with van der Waals surface area (Å²) < 4.78 is 2.50. The third-order valence-electron chi connectivity index (χ3n) is 4.31. The van der Waals surface area contributed by atoms with Crippen molar-refractivity contribution in [2.45, 2.75) is 52.0 Å². The Kier molecular flexibility index (Phi) is 6.38. The minimum absolute atomic E-state index is 0.510. The second-order valence-electron chi connectivity index (χ2n) is 5.52. The van der Waals surface area contributed by atoms with Crippen LogP contribution in [-0.4, -0.2) is 6.54 Å². The van der Waals surface area contributed by atoms with E-state index in [1.54, 1.807) is 11.3 Å². The molecule has 1 N–H and O–H groups in total. The van der Waals surface area contributed by atoms with E-state index < -0.39 is 0 Å². The van der Waals surface area contributed by atoms with Gasteiger partial charge in [0.1, 0.15) is 0 Å². The lowest BCUT2D eigenvalue weighted by molar-refractivity contribution is 0.210. The van der Waals surface area contributed by atoms with Crippen LogP contribution in [0.1, 0.15) is 57.6 Å². The highest BCUT2D eigenvalue weighted by Crippen LogP contribution is 2.43. The Morgan fingerprint density at radius 1 is 1.37 bits per heavy atom. The first kappa shape index (κ1) is 16.0. The molecule has 3 atom stereocenters. The van der Waals surface area contributed by atoms with Gasteiger partial charge in [0.2, 0.25) is 0 Å². The first-order valence-electron chi connectivity index (χ1n) is 7.33. The fourth-order valence-corrected chi connectivity index (χ4v) is 6.25. The summed E-state index contributed by atoms with van der Waals surface area (Å²) in [6, 6.07) is 2.80. The first-order chi connectivity index (χ1) is 9.15. The molecule has 1 aliphatic rings. The molecule has 3 unspecified atom stereocenters.